The summed E-state index contributed by atoms with van der Waals surface area (Å²) in [4.78, 5) is 12.0. The molecule has 15 heavy (non-hydrogen) atoms. The van der Waals surface area contributed by atoms with Crippen LogP contribution in [-0.4, -0.2) is 29.7 Å². The molecular weight excluding hydrogens is 192 g/mol. The van der Waals surface area contributed by atoms with E-state index in [0.29, 0.717) is 6.54 Å². The van der Waals surface area contributed by atoms with Crippen molar-refractivity contribution in [1.82, 2.24) is 5.32 Å². The van der Waals surface area contributed by atoms with Crippen LogP contribution in [0.5, 0.6) is 0 Å². The van der Waals surface area contributed by atoms with Crippen molar-refractivity contribution < 1.29 is 9.90 Å². The zero-order chi connectivity index (χ0) is 10.9. The Hall–Kier alpha value is -0.610. The number of hydrogen-bond donors (Lipinski definition) is 3. The van der Waals surface area contributed by atoms with Crippen LogP contribution in [0.1, 0.15) is 38.5 Å². The Morgan fingerprint density at radius 3 is 2.20 bits per heavy atom. The third-order valence-corrected chi connectivity index (χ3v) is 4.18. The Bertz CT molecular complexity index is 241. The van der Waals surface area contributed by atoms with Crippen LogP contribution in [0.2, 0.25) is 0 Å². The molecule has 0 heterocycles. The largest absolute Gasteiger partial charge is 0.395 e. The van der Waals surface area contributed by atoms with Gasteiger partial charge in [0.15, 0.2) is 0 Å². The summed E-state index contributed by atoms with van der Waals surface area (Å²) in [5, 5.41) is 11.5. The molecule has 4 nitrogen and oxygen atoms in total. The average molecular weight is 212 g/mol. The summed E-state index contributed by atoms with van der Waals surface area (Å²) in [5.41, 5.74) is 6.03. The molecule has 0 saturated heterocycles. The lowest BCUT2D eigenvalue weighted by atomic mass is 9.57. The zero-order valence-electron chi connectivity index (χ0n) is 9.09. The fourth-order valence-electron chi connectivity index (χ4n) is 2.91. The van der Waals surface area contributed by atoms with E-state index in [9.17, 15) is 4.79 Å². The Labute approximate surface area is 90.2 Å². The molecule has 3 saturated carbocycles. The van der Waals surface area contributed by atoms with E-state index in [0.717, 1.165) is 38.5 Å². The maximum atomic E-state index is 12.0. The molecule has 4 N–H and O–H groups in total. The van der Waals surface area contributed by atoms with Crippen LogP contribution in [0.25, 0.3) is 0 Å². The second-order valence-corrected chi connectivity index (χ2v) is 5.12. The highest BCUT2D eigenvalue weighted by molar-refractivity contribution is 5.83. The van der Waals surface area contributed by atoms with Crippen molar-refractivity contribution in [2.75, 3.05) is 13.2 Å². The number of aliphatic hydroxyl groups is 1. The molecule has 4 heteroatoms. The quantitative estimate of drug-likeness (QED) is 0.623. The lowest BCUT2D eigenvalue weighted by Crippen LogP contribution is -2.56. The Morgan fingerprint density at radius 1 is 1.20 bits per heavy atom. The molecule has 3 fully saturated rings. The highest BCUT2D eigenvalue weighted by atomic mass is 16.3. The minimum Gasteiger partial charge on any atom is -0.395 e. The molecule has 0 aromatic heterocycles. The van der Waals surface area contributed by atoms with Crippen LogP contribution in [0, 0.1) is 5.41 Å². The highest BCUT2D eigenvalue weighted by Gasteiger charge is 2.50. The van der Waals surface area contributed by atoms with E-state index < -0.39 is 0 Å². The van der Waals surface area contributed by atoms with E-state index in [4.69, 9.17) is 10.8 Å². The van der Waals surface area contributed by atoms with Crippen molar-refractivity contribution in [2.45, 2.75) is 44.1 Å². The summed E-state index contributed by atoms with van der Waals surface area (Å²) >= 11 is 0. The van der Waals surface area contributed by atoms with Gasteiger partial charge in [-0.25, -0.2) is 0 Å². The van der Waals surface area contributed by atoms with Gasteiger partial charge < -0.3 is 16.2 Å². The fraction of sp³-hybridized carbons (Fsp3) is 0.909. The minimum atomic E-state index is -0.170. The molecule has 0 atom stereocenters. The first-order valence-corrected chi connectivity index (χ1v) is 5.78. The predicted octanol–water partition coefficient (Wildman–Crippen LogP) is 0.147. The van der Waals surface area contributed by atoms with Gasteiger partial charge >= 0.3 is 0 Å². The third-order valence-electron chi connectivity index (χ3n) is 4.18. The number of carbonyl (C=O) groups excluding carboxylic acids is 1. The molecule has 0 aliphatic heterocycles. The molecule has 0 unspecified atom stereocenters. The molecule has 1 amide bonds. The summed E-state index contributed by atoms with van der Waals surface area (Å²) in [6, 6.07) is 0. The summed E-state index contributed by atoms with van der Waals surface area (Å²) in [5.74, 6) is 0.123. The Morgan fingerprint density at radius 2 is 1.73 bits per heavy atom. The number of nitrogens with one attached hydrogen (secondary N) is 1. The van der Waals surface area contributed by atoms with Gasteiger partial charge in [0.1, 0.15) is 0 Å². The molecule has 0 aromatic carbocycles. The van der Waals surface area contributed by atoms with Gasteiger partial charge in [-0.15, -0.1) is 0 Å². The van der Waals surface area contributed by atoms with Crippen molar-refractivity contribution >= 4 is 5.91 Å². The molecule has 0 aromatic rings. The summed E-state index contributed by atoms with van der Waals surface area (Å²) < 4.78 is 0. The summed E-state index contributed by atoms with van der Waals surface area (Å²) in [6.07, 6.45) is 5.67. The van der Waals surface area contributed by atoms with Gasteiger partial charge in [0, 0.05) is 17.5 Å². The standard InChI is InChI=1S/C11H20N2O2/c12-11-4-1-10(2-5-11,3-6-11)9(15)13-7-8-14/h14H,1-8,12H2,(H,13,15). The average Bonchev–Trinajstić information content (AvgIpc) is 2.27. The number of fused-ring (bicyclic) bond motifs is 3. The first-order chi connectivity index (χ1) is 7.10. The number of nitrogens with two attached hydrogens (primary N) is 1. The van der Waals surface area contributed by atoms with Crippen LogP contribution in [0.15, 0.2) is 0 Å². The van der Waals surface area contributed by atoms with Crippen molar-refractivity contribution in [3.05, 3.63) is 0 Å². The van der Waals surface area contributed by atoms with E-state index in [1.807, 2.05) is 0 Å². The van der Waals surface area contributed by atoms with Gasteiger partial charge in [-0.2, -0.15) is 0 Å². The smallest absolute Gasteiger partial charge is 0.226 e. The zero-order valence-corrected chi connectivity index (χ0v) is 9.09. The molecular formula is C11H20N2O2. The van der Waals surface area contributed by atoms with Crippen molar-refractivity contribution in [2.24, 2.45) is 11.1 Å². The second-order valence-electron chi connectivity index (χ2n) is 5.12. The van der Waals surface area contributed by atoms with Crippen LogP contribution < -0.4 is 11.1 Å². The lowest BCUT2D eigenvalue weighted by molar-refractivity contribution is -0.137. The number of aliphatic hydroxyl groups excluding tert-OH is 1. The fourth-order valence-corrected chi connectivity index (χ4v) is 2.91. The monoisotopic (exact) mass is 212 g/mol. The topological polar surface area (TPSA) is 75.4 Å². The molecule has 2 bridgehead atoms. The lowest BCUT2D eigenvalue weighted by Gasteiger charge is -2.50. The first kappa shape index (κ1) is 10.9. The van der Waals surface area contributed by atoms with Gasteiger partial charge in [0.25, 0.3) is 0 Å². The normalized spacial score (nSPS) is 39.1. The van der Waals surface area contributed by atoms with E-state index in [-0.39, 0.29) is 23.5 Å². The van der Waals surface area contributed by atoms with Gasteiger partial charge in [-0.05, 0) is 38.5 Å². The SMILES string of the molecule is NC12CCC(C(=O)NCCO)(CC1)CC2. The van der Waals surface area contributed by atoms with E-state index in [1.165, 1.54) is 0 Å². The summed E-state index contributed by atoms with van der Waals surface area (Å²) in [7, 11) is 0. The number of carbonyl (C=O) groups is 1. The minimum absolute atomic E-state index is 0.0129. The third kappa shape index (κ3) is 1.88. The maximum absolute atomic E-state index is 12.0. The summed E-state index contributed by atoms with van der Waals surface area (Å²) in [6.45, 7) is 0.386. The maximum Gasteiger partial charge on any atom is 0.226 e. The van der Waals surface area contributed by atoms with Gasteiger partial charge in [0.2, 0.25) is 5.91 Å². The number of hydrogen-bond acceptors (Lipinski definition) is 3. The van der Waals surface area contributed by atoms with Gasteiger partial charge in [0.05, 0.1) is 6.61 Å². The number of amides is 1. The Balaban J connectivity index is 1.99. The molecule has 0 spiro atoms. The molecule has 3 aliphatic rings. The second kappa shape index (κ2) is 3.76. The first-order valence-electron chi connectivity index (χ1n) is 5.78. The molecule has 3 aliphatic carbocycles. The predicted molar refractivity (Wildman–Crippen MR) is 57.1 cm³/mol. The molecule has 0 radical (unpaired) electrons. The van der Waals surface area contributed by atoms with E-state index in [2.05, 4.69) is 5.32 Å². The Kier molecular flexibility index (Phi) is 2.73. The van der Waals surface area contributed by atoms with Crippen LogP contribution in [0.4, 0.5) is 0 Å². The van der Waals surface area contributed by atoms with Crippen molar-refractivity contribution in [3.63, 3.8) is 0 Å². The number of rotatable bonds is 3. The van der Waals surface area contributed by atoms with Crippen LogP contribution in [0.3, 0.4) is 0 Å². The highest BCUT2D eigenvalue weighted by Crippen LogP contribution is 2.51. The van der Waals surface area contributed by atoms with Gasteiger partial charge in [-0.1, -0.05) is 0 Å². The van der Waals surface area contributed by atoms with Crippen molar-refractivity contribution in [3.8, 4) is 0 Å². The van der Waals surface area contributed by atoms with E-state index in [1.54, 1.807) is 0 Å². The van der Waals surface area contributed by atoms with Crippen molar-refractivity contribution in [1.29, 1.82) is 0 Å². The van der Waals surface area contributed by atoms with Crippen LogP contribution in [-0.2, 0) is 4.79 Å². The molecule has 3 rings (SSSR count). The van der Waals surface area contributed by atoms with Gasteiger partial charge in [-0.3, -0.25) is 4.79 Å². The molecule has 86 valence electrons. The van der Waals surface area contributed by atoms with E-state index >= 15 is 0 Å². The van der Waals surface area contributed by atoms with Crippen LogP contribution >= 0.6 is 0 Å².